The second kappa shape index (κ2) is 6.03. The Hall–Kier alpha value is -0.360. The zero-order chi connectivity index (χ0) is 15.2. The SMILES string of the molecule is COC(C)(C)CNC(=O)C1(N)C2CCCOC2C1(C)C.Cl. The van der Waals surface area contributed by atoms with Crippen molar-refractivity contribution in [2.45, 2.75) is 57.8 Å². The molecular weight excluding hydrogens is 292 g/mol. The van der Waals surface area contributed by atoms with Crippen molar-refractivity contribution in [3.63, 3.8) is 0 Å². The van der Waals surface area contributed by atoms with E-state index in [2.05, 4.69) is 5.32 Å². The first-order valence-electron chi connectivity index (χ1n) is 7.41. The standard InChI is InChI=1S/C15H28N2O3.ClH/c1-13(2,19-5)9-17-12(18)15(16)10-7-6-8-20-11(10)14(15,3)4;/h10-11H,6-9,16H2,1-5H3,(H,17,18);1H. The lowest BCUT2D eigenvalue weighted by Crippen LogP contribution is -2.82. The van der Waals surface area contributed by atoms with Crippen molar-refractivity contribution < 1.29 is 14.3 Å². The van der Waals surface area contributed by atoms with Gasteiger partial charge < -0.3 is 20.5 Å². The van der Waals surface area contributed by atoms with E-state index in [1.54, 1.807) is 7.11 Å². The highest BCUT2D eigenvalue weighted by Gasteiger charge is 2.70. The summed E-state index contributed by atoms with van der Waals surface area (Å²) in [7, 11) is 1.64. The molecule has 2 rings (SSSR count). The summed E-state index contributed by atoms with van der Waals surface area (Å²) in [4.78, 5) is 12.6. The number of amides is 1. The summed E-state index contributed by atoms with van der Waals surface area (Å²) in [5.41, 5.74) is 4.95. The highest BCUT2D eigenvalue weighted by Crippen LogP contribution is 2.57. The first kappa shape index (κ1) is 18.7. The summed E-state index contributed by atoms with van der Waals surface area (Å²) in [6.45, 7) is 9.17. The van der Waals surface area contributed by atoms with Crippen molar-refractivity contribution in [1.29, 1.82) is 0 Å². The molecule has 21 heavy (non-hydrogen) atoms. The smallest absolute Gasteiger partial charge is 0.241 e. The summed E-state index contributed by atoms with van der Waals surface area (Å²) in [6, 6.07) is 0. The predicted octanol–water partition coefficient (Wildman–Crippen LogP) is 1.48. The minimum absolute atomic E-state index is 0. The van der Waals surface area contributed by atoms with Gasteiger partial charge in [0, 0.05) is 31.6 Å². The Balaban J connectivity index is 0.00000220. The molecule has 1 aliphatic heterocycles. The van der Waals surface area contributed by atoms with Gasteiger partial charge in [0.1, 0.15) is 5.54 Å². The number of halogens is 1. The molecule has 124 valence electrons. The Morgan fingerprint density at radius 3 is 2.67 bits per heavy atom. The molecule has 0 aromatic carbocycles. The predicted molar refractivity (Wildman–Crippen MR) is 84.5 cm³/mol. The quantitative estimate of drug-likeness (QED) is 0.823. The van der Waals surface area contributed by atoms with Crippen molar-refractivity contribution >= 4 is 18.3 Å². The third-order valence-corrected chi connectivity index (χ3v) is 5.29. The fourth-order valence-electron chi connectivity index (χ4n) is 3.55. The molecule has 1 amide bonds. The second-order valence-electron chi connectivity index (χ2n) is 7.28. The van der Waals surface area contributed by atoms with Crippen LogP contribution in [-0.2, 0) is 14.3 Å². The van der Waals surface area contributed by atoms with E-state index >= 15 is 0 Å². The lowest BCUT2D eigenvalue weighted by Gasteiger charge is -2.65. The molecule has 2 fully saturated rings. The van der Waals surface area contributed by atoms with Crippen LogP contribution >= 0.6 is 12.4 Å². The second-order valence-corrected chi connectivity index (χ2v) is 7.28. The number of hydrogen-bond donors (Lipinski definition) is 2. The van der Waals surface area contributed by atoms with Crippen LogP contribution in [-0.4, -0.2) is 43.4 Å². The van der Waals surface area contributed by atoms with Gasteiger partial charge in [-0.2, -0.15) is 0 Å². The van der Waals surface area contributed by atoms with Crippen molar-refractivity contribution in [3.8, 4) is 0 Å². The monoisotopic (exact) mass is 320 g/mol. The average molecular weight is 321 g/mol. The van der Waals surface area contributed by atoms with Crippen LogP contribution in [0.15, 0.2) is 0 Å². The van der Waals surface area contributed by atoms with E-state index in [0.717, 1.165) is 19.4 Å². The Bertz CT molecular complexity index is 400. The van der Waals surface area contributed by atoms with Crippen molar-refractivity contribution in [3.05, 3.63) is 0 Å². The summed E-state index contributed by atoms with van der Waals surface area (Å²) in [5, 5.41) is 2.96. The van der Waals surface area contributed by atoms with Gasteiger partial charge in [-0.15, -0.1) is 12.4 Å². The van der Waals surface area contributed by atoms with E-state index in [1.807, 2.05) is 27.7 Å². The van der Waals surface area contributed by atoms with Crippen LogP contribution in [0.25, 0.3) is 0 Å². The molecule has 1 saturated heterocycles. The molecule has 0 spiro atoms. The van der Waals surface area contributed by atoms with E-state index < -0.39 is 5.54 Å². The number of hydrogen-bond acceptors (Lipinski definition) is 4. The highest BCUT2D eigenvalue weighted by atomic mass is 35.5. The summed E-state index contributed by atoms with van der Waals surface area (Å²) >= 11 is 0. The minimum atomic E-state index is -0.845. The van der Waals surface area contributed by atoms with Gasteiger partial charge in [0.05, 0.1) is 11.7 Å². The maximum atomic E-state index is 12.6. The fraction of sp³-hybridized carbons (Fsp3) is 0.933. The molecule has 1 saturated carbocycles. The zero-order valence-electron chi connectivity index (χ0n) is 13.7. The molecule has 5 nitrogen and oxygen atoms in total. The maximum absolute atomic E-state index is 12.6. The van der Waals surface area contributed by atoms with Gasteiger partial charge in [0.2, 0.25) is 5.91 Å². The molecule has 0 radical (unpaired) electrons. The van der Waals surface area contributed by atoms with Crippen molar-refractivity contribution in [2.75, 3.05) is 20.3 Å². The van der Waals surface area contributed by atoms with Gasteiger partial charge in [0.15, 0.2) is 0 Å². The van der Waals surface area contributed by atoms with Crippen molar-refractivity contribution in [2.24, 2.45) is 17.1 Å². The summed E-state index contributed by atoms with van der Waals surface area (Å²) < 4.78 is 11.2. The van der Waals surface area contributed by atoms with Crippen LogP contribution in [0.2, 0.25) is 0 Å². The van der Waals surface area contributed by atoms with Gasteiger partial charge >= 0.3 is 0 Å². The number of nitrogens with one attached hydrogen (secondary N) is 1. The van der Waals surface area contributed by atoms with E-state index in [-0.39, 0.29) is 41.4 Å². The first-order chi connectivity index (χ1) is 9.17. The van der Waals surface area contributed by atoms with Gasteiger partial charge in [-0.05, 0) is 26.7 Å². The normalized spacial score (nSPS) is 34.2. The number of rotatable bonds is 4. The molecule has 2 aliphatic rings. The summed E-state index contributed by atoms with van der Waals surface area (Å²) in [6.07, 6.45) is 2.04. The van der Waals surface area contributed by atoms with Crippen LogP contribution < -0.4 is 11.1 Å². The molecule has 3 atom stereocenters. The van der Waals surface area contributed by atoms with E-state index in [9.17, 15) is 4.79 Å². The van der Waals surface area contributed by atoms with Gasteiger partial charge in [-0.25, -0.2) is 0 Å². The van der Waals surface area contributed by atoms with E-state index in [4.69, 9.17) is 15.2 Å². The Kier molecular flexibility index (Phi) is 5.37. The number of carbonyl (C=O) groups is 1. The molecular formula is C15H29ClN2O3. The minimum Gasteiger partial charge on any atom is -0.377 e. The zero-order valence-corrected chi connectivity index (χ0v) is 14.5. The molecule has 3 unspecified atom stereocenters. The molecule has 6 heteroatoms. The number of methoxy groups -OCH3 is 1. The van der Waals surface area contributed by atoms with Gasteiger partial charge in [0.25, 0.3) is 0 Å². The third kappa shape index (κ3) is 2.81. The molecule has 0 bridgehead atoms. The number of nitrogens with two attached hydrogens (primary N) is 1. The van der Waals surface area contributed by atoms with Crippen LogP contribution in [0.1, 0.15) is 40.5 Å². The maximum Gasteiger partial charge on any atom is 0.241 e. The average Bonchev–Trinajstić information content (AvgIpc) is 2.43. The Labute approximate surface area is 133 Å². The van der Waals surface area contributed by atoms with Gasteiger partial charge in [-0.3, -0.25) is 4.79 Å². The first-order valence-corrected chi connectivity index (χ1v) is 7.41. The molecule has 1 heterocycles. The van der Waals surface area contributed by atoms with E-state index in [0.29, 0.717) is 6.54 Å². The number of fused-ring (bicyclic) bond motifs is 1. The molecule has 0 aromatic rings. The lowest BCUT2D eigenvalue weighted by molar-refractivity contribution is -0.225. The number of ether oxygens (including phenoxy) is 2. The topological polar surface area (TPSA) is 73.6 Å². The Morgan fingerprint density at radius 1 is 1.48 bits per heavy atom. The lowest BCUT2D eigenvalue weighted by atomic mass is 9.46. The highest BCUT2D eigenvalue weighted by molar-refractivity contribution is 5.89. The van der Waals surface area contributed by atoms with Crippen LogP contribution in [0, 0.1) is 11.3 Å². The fourth-order valence-corrected chi connectivity index (χ4v) is 3.55. The summed E-state index contributed by atoms with van der Waals surface area (Å²) in [5.74, 6) is 0.0382. The van der Waals surface area contributed by atoms with Crippen molar-refractivity contribution in [1.82, 2.24) is 5.32 Å². The van der Waals surface area contributed by atoms with Gasteiger partial charge in [-0.1, -0.05) is 13.8 Å². The molecule has 0 aromatic heterocycles. The van der Waals surface area contributed by atoms with Crippen LogP contribution in [0.3, 0.4) is 0 Å². The molecule has 1 aliphatic carbocycles. The van der Waals surface area contributed by atoms with Crippen LogP contribution in [0.5, 0.6) is 0 Å². The molecule has 3 N–H and O–H groups in total. The van der Waals surface area contributed by atoms with Crippen LogP contribution in [0.4, 0.5) is 0 Å². The number of carbonyl (C=O) groups excluding carboxylic acids is 1. The largest absolute Gasteiger partial charge is 0.377 e. The van der Waals surface area contributed by atoms with E-state index in [1.165, 1.54) is 0 Å². The Morgan fingerprint density at radius 2 is 2.10 bits per heavy atom. The third-order valence-electron chi connectivity index (χ3n) is 5.29.